The lowest BCUT2D eigenvalue weighted by atomic mass is 10.1. The number of aliphatic hydroxyl groups is 2. The maximum atomic E-state index is 12.0. The monoisotopic (exact) mass is 314 g/mol. The number of ether oxygens (including phenoxy) is 1. The number of aryl methyl sites for hydroxylation is 1. The van der Waals surface area contributed by atoms with Gasteiger partial charge in [-0.3, -0.25) is 4.18 Å². The van der Waals surface area contributed by atoms with Gasteiger partial charge in [-0.2, -0.15) is 8.42 Å². The first-order valence-electron chi connectivity index (χ1n) is 6.45. The summed E-state index contributed by atoms with van der Waals surface area (Å²) in [6, 6.07) is 6.21. The van der Waals surface area contributed by atoms with Crippen molar-refractivity contribution in [3.8, 4) is 0 Å². The fraction of sp³-hybridized carbons (Fsp3) is 0.429. The predicted octanol–water partition coefficient (Wildman–Crippen LogP) is 0.376. The summed E-state index contributed by atoms with van der Waals surface area (Å²) in [6.07, 6.45) is -2.68. The van der Waals surface area contributed by atoms with Gasteiger partial charge in [0.1, 0.15) is 24.4 Å². The highest BCUT2D eigenvalue weighted by molar-refractivity contribution is 7.86. The van der Waals surface area contributed by atoms with E-state index in [1.54, 1.807) is 12.1 Å². The van der Waals surface area contributed by atoms with Gasteiger partial charge in [0, 0.05) is 0 Å². The molecular weight excluding hydrogens is 296 g/mol. The van der Waals surface area contributed by atoms with Crippen molar-refractivity contribution >= 4 is 10.1 Å². The molecule has 0 bridgehead atoms. The lowest BCUT2D eigenvalue weighted by Gasteiger charge is -2.14. The van der Waals surface area contributed by atoms with Crippen LogP contribution in [0.4, 0.5) is 0 Å². The Kier molecular flexibility index (Phi) is 4.80. The molecule has 7 heteroatoms. The average Bonchev–Trinajstić information content (AvgIpc) is 2.73. The van der Waals surface area contributed by atoms with Crippen molar-refractivity contribution in [2.75, 3.05) is 6.61 Å². The molecule has 0 aromatic heterocycles. The quantitative estimate of drug-likeness (QED) is 0.603. The Balaban J connectivity index is 2.02. The molecule has 0 unspecified atom stereocenters. The van der Waals surface area contributed by atoms with Gasteiger partial charge in [0.05, 0.1) is 11.5 Å². The fourth-order valence-electron chi connectivity index (χ4n) is 2.04. The molecule has 1 aliphatic heterocycles. The third kappa shape index (κ3) is 3.50. The Bertz CT molecular complexity index is 594. The summed E-state index contributed by atoms with van der Waals surface area (Å²) >= 11 is 0. The maximum absolute atomic E-state index is 12.0. The minimum Gasteiger partial charge on any atom is -0.387 e. The normalized spacial score (nSPS) is 29.5. The van der Waals surface area contributed by atoms with E-state index >= 15 is 0 Å². The van der Waals surface area contributed by atoms with E-state index in [0.29, 0.717) is 0 Å². The molecular formula is C14H18O6S. The molecule has 1 saturated heterocycles. The topological polar surface area (TPSA) is 93.1 Å². The van der Waals surface area contributed by atoms with Gasteiger partial charge < -0.3 is 14.9 Å². The average molecular weight is 314 g/mol. The molecule has 0 spiro atoms. The number of hydrogen-bond acceptors (Lipinski definition) is 6. The Morgan fingerprint density at radius 3 is 2.43 bits per heavy atom. The van der Waals surface area contributed by atoms with Crippen LogP contribution in [0.3, 0.4) is 0 Å². The lowest BCUT2D eigenvalue weighted by molar-refractivity contribution is -0.00453. The molecule has 1 aromatic rings. The van der Waals surface area contributed by atoms with Crippen LogP contribution in [0.1, 0.15) is 5.56 Å². The lowest BCUT2D eigenvalue weighted by Crippen LogP contribution is -2.34. The molecule has 0 amide bonds. The Morgan fingerprint density at radius 2 is 1.90 bits per heavy atom. The zero-order valence-corrected chi connectivity index (χ0v) is 12.4. The molecule has 0 radical (unpaired) electrons. The summed E-state index contributed by atoms with van der Waals surface area (Å²) in [5.41, 5.74) is 0.931. The van der Waals surface area contributed by atoms with E-state index < -0.39 is 34.5 Å². The first kappa shape index (κ1) is 16.1. The minimum atomic E-state index is -3.93. The van der Waals surface area contributed by atoms with E-state index in [1.807, 2.05) is 6.92 Å². The first-order chi connectivity index (χ1) is 9.85. The van der Waals surface area contributed by atoms with Crippen LogP contribution in [-0.2, 0) is 19.0 Å². The van der Waals surface area contributed by atoms with Gasteiger partial charge in [-0.05, 0) is 19.1 Å². The van der Waals surface area contributed by atoms with Crippen molar-refractivity contribution in [1.29, 1.82) is 0 Å². The molecule has 1 aliphatic rings. The third-order valence-electron chi connectivity index (χ3n) is 3.33. The summed E-state index contributed by atoms with van der Waals surface area (Å²) in [5.74, 6) is 0. The molecule has 2 rings (SSSR count). The number of benzene rings is 1. The second-order valence-corrected chi connectivity index (χ2v) is 6.52. The van der Waals surface area contributed by atoms with Gasteiger partial charge in [-0.1, -0.05) is 23.8 Å². The van der Waals surface area contributed by atoms with Gasteiger partial charge in [-0.15, -0.1) is 6.58 Å². The van der Waals surface area contributed by atoms with Crippen LogP contribution in [-0.4, -0.2) is 49.7 Å². The highest BCUT2D eigenvalue weighted by atomic mass is 32.2. The predicted molar refractivity (Wildman–Crippen MR) is 75.2 cm³/mol. The third-order valence-corrected chi connectivity index (χ3v) is 4.62. The van der Waals surface area contributed by atoms with Crippen molar-refractivity contribution in [2.45, 2.75) is 36.2 Å². The molecule has 0 aliphatic carbocycles. The highest BCUT2D eigenvalue weighted by Crippen LogP contribution is 2.23. The summed E-state index contributed by atoms with van der Waals surface area (Å²) in [4.78, 5) is 0.0291. The van der Waals surface area contributed by atoms with Crippen LogP contribution in [0.15, 0.2) is 41.8 Å². The first-order valence-corrected chi connectivity index (χ1v) is 7.86. The Labute approximate surface area is 123 Å². The van der Waals surface area contributed by atoms with Gasteiger partial charge in [0.15, 0.2) is 0 Å². The largest absolute Gasteiger partial charge is 0.387 e. The second-order valence-electron chi connectivity index (χ2n) is 4.91. The van der Waals surface area contributed by atoms with E-state index in [9.17, 15) is 18.6 Å². The summed E-state index contributed by atoms with van der Waals surface area (Å²) < 4.78 is 34.2. The van der Waals surface area contributed by atoms with E-state index in [-0.39, 0.29) is 11.5 Å². The van der Waals surface area contributed by atoms with Crippen LogP contribution >= 0.6 is 0 Å². The van der Waals surface area contributed by atoms with Gasteiger partial charge in [-0.25, -0.2) is 0 Å². The van der Waals surface area contributed by atoms with Gasteiger partial charge in [0.2, 0.25) is 0 Å². The van der Waals surface area contributed by atoms with E-state index in [0.717, 1.165) is 5.56 Å². The van der Waals surface area contributed by atoms with Crippen molar-refractivity contribution in [2.24, 2.45) is 0 Å². The van der Waals surface area contributed by atoms with E-state index in [1.165, 1.54) is 18.2 Å². The van der Waals surface area contributed by atoms with Crippen LogP contribution < -0.4 is 0 Å². The number of rotatable bonds is 5. The molecule has 4 atom stereocenters. The van der Waals surface area contributed by atoms with Crippen molar-refractivity contribution in [3.63, 3.8) is 0 Å². The number of hydrogen-bond donors (Lipinski definition) is 2. The minimum absolute atomic E-state index is 0.0291. The molecule has 1 fully saturated rings. The van der Waals surface area contributed by atoms with Crippen LogP contribution in [0.25, 0.3) is 0 Å². The molecule has 6 nitrogen and oxygen atoms in total. The smallest absolute Gasteiger partial charge is 0.297 e. The summed E-state index contributed by atoms with van der Waals surface area (Å²) in [5, 5.41) is 19.4. The molecule has 1 heterocycles. The van der Waals surface area contributed by atoms with Crippen LogP contribution in [0.5, 0.6) is 0 Å². The second kappa shape index (κ2) is 6.25. The molecule has 116 valence electrons. The Hall–Kier alpha value is -1.25. The zero-order valence-electron chi connectivity index (χ0n) is 11.5. The van der Waals surface area contributed by atoms with E-state index in [4.69, 9.17) is 8.92 Å². The van der Waals surface area contributed by atoms with Gasteiger partial charge >= 0.3 is 0 Å². The molecule has 0 saturated carbocycles. The number of aliphatic hydroxyl groups excluding tert-OH is 2. The van der Waals surface area contributed by atoms with Crippen molar-refractivity contribution in [3.05, 3.63) is 42.5 Å². The molecule has 2 N–H and O–H groups in total. The standard InChI is InChI=1S/C14H18O6S/c1-3-11-13(15)14(16)12(20-11)8-19-21(17,18)10-6-4-9(2)5-7-10/h3-7,11-16H,1,8H2,2H3/t11-,12-,13+,14-/m1/s1. The zero-order chi connectivity index (χ0) is 15.6. The SMILES string of the molecule is C=C[C@H]1O[C@H](COS(=O)(=O)c2ccc(C)cc2)[C@@H](O)[C@H]1O. The van der Waals surface area contributed by atoms with Crippen molar-refractivity contribution in [1.82, 2.24) is 0 Å². The van der Waals surface area contributed by atoms with Crippen LogP contribution in [0.2, 0.25) is 0 Å². The maximum Gasteiger partial charge on any atom is 0.297 e. The van der Waals surface area contributed by atoms with Crippen molar-refractivity contribution < 1.29 is 27.6 Å². The summed E-state index contributed by atoms with van der Waals surface area (Å²) in [7, 11) is -3.93. The fourth-order valence-corrected chi connectivity index (χ4v) is 2.96. The highest BCUT2D eigenvalue weighted by Gasteiger charge is 2.41. The summed E-state index contributed by atoms with van der Waals surface area (Å²) in [6.45, 7) is 4.94. The molecule has 21 heavy (non-hydrogen) atoms. The van der Waals surface area contributed by atoms with E-state index in [2.05, 4.69) is 6.58 Å². The van der Waals surface area contributed by atoms with Crippen LogP contribution in [0, 0.1) is 6.92 Å². The Morgan fingerprint density at radius 1 is 1.29 bits per heavy atom. The molecule has 1 aromatic carbocycles. The van der Waals surface area contributed by atoms with Gasteiger partial charge in [0.25, 0.3) is 10.1 Å².